The highest BCUT2D eigenvalue weighted by Crippen LogP contribution is 2.31. The van der Waals surface area contributed by atoms with Crippen molar-refractivity contribution in [3.63, 3.8) is 0 Å². The second-order valence-electron chi connectivity index (χ2n) is 5.43. The van der Waals surface area contributed by atoms with Gasteiger partial charge < -0.3 is 5.73 Å². The Morgan fingerprint density at radius 2 is 1.85 bits per heavy atom. The van der Waals surface area contributed by atoms with E-state index >= 15 is 0 Å². The molecule has 0 atom stereocenters. The second-order valence-corrected chi connectivity index (χ2v) is 8.75. The van der Waals surface area contributed by atoms with Gasteiger partial charge in [-0.3, -0.25) is 9.59 Å². The normalized spacial score (nSPS) is 11.3. The zero-order valence-corrected chi connectivity index (χ0v) is 15.3. The van der Waals surface area contributed by atoms with Crippen LogP contribution in [0, 0.1) is 5.82 Å². The average molecular weight is 405 g/mol. The van der Waals surface area contributed by atoms with E-state index in [4.69, 9.17) is 5.73 Å². The van der Waals surface area contributed by atoms with Crippen molar-refractivity contribution in [1.29, 1.82) is 0 Å². The summed E-state index contributed by atoms with van der Waals surface area (Å²) in [5.74, 6) is -1.86. The first-order valence-corrected chi connectivity index (χ1v) is 9.83. The van der Waals surface area contributed by atoms with Gasteiger partial charge in [-0.15, -0.1) is 16.4 Å². The third-order valence-corrected chi connectivity index (χ3v) is 7.00. The van der Waals surface area contributed by atoms with Gasteiger partial charge in [0.25, 0.3) is 0 Å². The summed E-state index contributed by atoms with van der Waals surface area (Å²) < 4.78 is 38.3. The van der Waals surface area contributed by atoms with Crippen LogP contribution in [0.2, 0.25) is 0 Å². The summed E-state index contributed by atoms with van der Waals surface area (Å²) in [6, 6.07) is 8.42. The Kier molecular flexibility index (Phi) is 5.10. The number of thiophene rings is 1. The van der Waals surface area contributed by atoms with Gasteiger partial charge in [-0.05, 0) is 42.5 Å². The summed E-state index contributed by atoms with van der Waals surface area (Å²) in [7, 11) is -3.99. The number of ketones is 1. The van der Waals surface area contributed by atoms with Crippen molar-refractivity contribution in [3.8, 4) is 0 Å². The zero-order valence-electron chi connectivity index (χ0n) is 13.6. The first-order chi connectivity index (χ1) is 12.8. The molecule has 0 saturated heterocycles. The molecule has 7 nitrogen and oxygen atoms in total. The number of primary amides is 1. The van der Waals surface area contributed by atoms with Crippen molar-refractivity contribution < 1.29 is 22.4 Å². The molecular weight excluding hydrogens is 393 g/mol. The lowest BCUT2D eigenvalue weighted by Gasteiger charge is -2.01. The maximum absolute atomic E-state index is 13.1. The molecule has 2 heterocycles. The number of nitrogens with two attached hydrogens (primary N) is 1. The molecule has 0 saturated carbocycles. The minimum absolute atomic E-state index is 0.0575. The van der Waals surface area contributed by atoms with Crippen molar-refractivity contribution in [2.75, 3.05) is 0 Å². The lowest BCUT2D eigenvalue weighted by Crippen LogP contribution is -2.14. The van der Waals surface area contributed by atoms with Crippen LogP contribution >= 0.6 is 11.3 Å². The number of carbonyl (C=O) groups is 2. The van der Waals surface area contributed by atoms with Gasteiger partial charge in [-0.25, -0.2) is 12.8 Å². The number of carbonyl (C=O) groups excluding carboxylic acids is 2. The summed E-state index contributed by atoms with van der Waals surface area (Å²) in [5, 5.41) is 7.31. The van der Waals surface area contributed by atoms with E-state index in [1.807, 2.05) is 0 Å². The zero-order chi connectivity index (χ0) is 19.6. The molecule has 0 bridgehead atoms. The number of hydrogen-bond acceptors (Lipinski definition) is 7. The maximum atomic E-state index is 13.1. The van der Waals surface area contributed by atoms with Crippen LogP contribution < -0.4 is 5.73 Å². The Balaban J connectivity index is 1.99. The van der Waals surface area contributed by atoms with E-state index in [1.165, 1.54) is 18.3 Å². The highest BCUT2D eigenvalue weighted by molar-refractivity contribution is 7.93. The molecule has 0 spiro atoms. The van der Waals surface area contributed by atoms with Crippen LogP contribution in [0.15, 0.2) is 57.8 Å². The second kappa shape index (κ2) is 7.33. The van der Waals surface area contributed by atoms with Gasteiger partial charge in [0.15, 0.2) is 5.78 Å². The van der Waals surface area contributed by atoms with Crippen LogP contribution in [0.3, 0.4) is 0 Å². The Hall–Kier alpha value is -2.98. The predicted molar refractivity (Wildman–Crippen MR) is 94.8 cm³/mol. The molecule has 138 valence electrons. The molecule has 27 heavy (non-hydrogen) atoms. The molecule has 0 aliphatic carbocycles. The van der Waals surface area contributed by atoms with Crippen LogP contribution in [0.5, 0.6) is 0 Å². The molecule has 3 aromatic rings. The van der Waals surface area contributed by atoms with Gasteiger partial charge in [-0.2, -0.15) is 5.10 Å². The molecular formula is C17H12FN3O4S2. The topological polar surface area (TPSA) is 120 Å². The lowest BCUT2D eigenvalue weighted by atomic mass is 10.1. The summed E-state index contributed by atoms with van der Waals surface area (Å²) in [5.41, 5.74) is 5.36. The van der Waals surface area contributed by atoms with Crippen LogP contribution in [-0.4, -0.2) is 30.3 Å². The highest BCUT2D eigenvalue weighted by Gasteiger charge is 2.25. The molecule has 1 amide bonds. The molecule has 0 aliphatic rings. The fourth-order valence-corrected chi connectivity index (χ4v) is 5.21. The molecule has 3 rings (SSSR count). The van der Waals surface area contributed by atoms with Gasteiger partial charge in [-0.1, -0.05) is 0 Å². The van der Waals surface area contributed by atoms with Gasteiger partial charge in [0.2, 0.25) is 15.7 Å². The molecule has 2 aromatic heterocycles. The quantitative estimate of drug-likeness (QED) is 0.495. The first kappa shape index (κ1) is 18.8. The van der Waals surface area contributed by atoms with E-state index in [0.717, 1.165) is 41.7 Å². The van der Waals surface area contributed by atoms with Crippen LogP contribution in [0.1, 0.15) is 25.7 Å². The van der Waals surface area contributed by atoms with E-state index in [9.17, 15) is 22.4 Å². The van der Waals surface area contributed by atoms with Crippen LogP contribution in [0.25, 0.3) is 0 Å². The van der Waals surface area contributed by atoms with Crippen LogP contribution in [0.4, 0.5) is 4.39 Å². The van der Waals surface area contributed by atoms with Gasteiger partial charge in [0.05, 0.1) is 10.5 Å². The molecule has 0 radical (unpaired) electrons. The third kappa shape index (κ3) is 3.91. The monoisotopic (exact) mass is 405 g/mol. The summed E-state index contributed by atoms with van der Waals surface area (Å²) >= 11 is 0.765. The van der Waals surface area contributed by atoms with Crippen molar-refractivity contribution in [2.45, 2.75) is 15.5 Å². The number of rotatable bonds is 6. The van der Waals surface area contributed by atoms with Gasteiger partial charge in [0.1, 0.15) is 15.7 Å². The average Bonchev–Trinajstić information content (AvgIpc) is 3.08. The number of aromatic nitrogens is 2. The number of amides is 1. The minimum Gasteiger partial charge on any atom is -0.366 e. The standard InChI is InChI=1S/C17H12FN3O4S2/c18-10-3-5-11(6-4-10)27(24,25)16-8-12(17(19)23)15(26-16)9-14(22)13-2-1-7-20-21-13/h1-8H,9H2,(H2,19,23). The summed E-state index contributed by atoms with van der Waals surface area (Å²) in [6.07, 6.45) is 1.16. The Morgan fingerprint density at radius 3 is 2.44 bits per heavy atom. The first-order valence-electron chi connectivity index (χ1n) is 7.53. The SMILES string of the molecule is NC(=O)c1cc(S(=O)(=O)c2ccc(F)cc2)sc1CC(=O)c1cccnn1. The molecule has 0 aliphatic heterocycles. The molecule has 0 unspecified atom stereocenters. The molecule has 2 N–H and O–H groups in total. The van der Waals surface area contributed by atoms with Crippen LogP contribution in [-0.2, 0) is 16.3 Å². The smallest absolute Gasteiger partial charge is 0.249 e. The number of benzene rings is 1. The maximum Gasteiger partial charge on any atom is 0.249 e. The fourth-order valence-electron chi connectivity index (χ4n) is 2.29. The van der Waals surface area contributed by atoms with E-state index in [1.54, 1.807) is 0 Å². The summed E-state index contributed by atoms with van der Waals surface area (Å²) in [6.45, 7) is 0. The lowest BCUT2D eigenvalue weighted by molar-refractivity contribution is 0.0987. The van der Waals surface area contributed by atoms with Crippen molar-refractivity contribution in [1.82, 2.24) is 10.2 Å². The van der Waals surface area contributed by atoms with E-state index in [0.29, 0.717) is 0 Å². The number of sulfone groups is 1. The molecule has 0 fully saturated rings. The molecule has 10 heteroatoms. The number of Topliss-reactive ketones (excluding diaryl/α,β-unsaturated/α-hetero) is 1. The Labute approximate surface area is 157 Å². The van der Waals surface area contributed by atoms with Crippen molar-refractivity contribution >= 4 is 32.9 Å². The highest BCUT2D eigenvalue weighted by atomic mass is 32.2. The number of nitrogens with zero attached hydrogens (tertiary/aromatic N) is 2. The van der Waals surface area contributed by atoms with Crippen molar-refractivity contribution in [2.24, 2.45) is 5.73 Å². The largest absolute Gasteiger partial charge is 0.366 e. The Bertz CT molecular complexity index is 1110. The third-order valence-electron chi connectivity index (χ3n) is 3.62. The van der Waals surface area contributed by atoms with Gasteiger partial charge in [0, 0.05) is 17.5 Å². The number of halogens is 1. The van der Waals surface area contributed by atoms with E-state index < -0.39 is 27.3 Å². The van der Waals surface area contributed by atoms with Gasteiger partial charge >= 0.3 is 0 Å². The minimum atomic E-state index is -3.99. The number of hydrogen-bond donors (Lipinski definition) is 1. The summed E-state index contributed by atoms with van der Waals surface area (Å²) in [4.78, 5) is 24.1. The fraction of sp³-hybridized carbons (Fsp3) is 0.0588. The van der Waals surface area contributed by atoms with E-state index in [2.05, 4.69) is 10.2 Å². The van der Waals surface area contributed by atoms with Crippen molar-refractivity contribution in [3.05, 3.63) is 70.6 Å². The Morgan fingerprint density at radius 1 is 1.15 bits per heavy atom. The van der Waals surface area contributed by atoms with E-state index in [-0.39, 0.29) is 31.7 Å². The predicted octanol–water partition coefficient (Wildman–Crippen LogP) is 2.03. The molecule has 1 aromatic carbocycles.